The van der Waals surface area contributed by atoms with Gasteiger partial charge in [0.25, 0.3) is 0 Å². The van der Waals surface area contributed by atoms with Crippen molar-refractivity contribution in [1.82, 2.24) is 0 Å². The largest absolute Gasteiger partial charge is 0.324 e. The standard InChI is InChI=1S/C18H17NS/c19-18(9-13-5-1-2-6-14(13)10-18)11-15-12-20-17-8-4-3-7-16(15)17/h1-8,12H,9-11,19H2. The lowest BCUT2D eigenvalue weighted by Crippen LogP contribution is -2.42. The minimum atomic E-state index is -0.118. The molecule has 0 spiro atoms. The fraction of sp³-hybridized carbons (Fsp3) is 0.222. The minimum absolute atomic E-state index is 0.118. The van der Waals surface area contributed by atoms with Crippen LogP contribution in [-0.4, -0.2) is 5.54 Å². The van der Waals surface area contributed by atoms with E-state index < -0.39 is 0 Å². The van der Waals surface area contributed by atoms with Gasteiger partial charge < -0.3 is 5.73 Å². The predicted octanol–water partition coefficient (Wildman–Crippen LogP) is 3.94. The van der Waals surface area contributed by atoms with Crippen LogP contribution in [-0.2, 0) is 19.3 Å². The second-order valence-electron chi connectivity index (χ2n) is 5.92. The van der Waals surface area contributed by atoms with Gasteiger partial charge in [0.1, 0.15) is 0 Å². The van der Waals surface area contributed by atoms with Crippen LogP contribution >= 0.6 is 11.3 Å². The van der Waals surface area contributed by atoms with E-state index in [1.807, 2.05) is 11.3 Å². The summed E-state index contributed by atoms with van der Waals surface area (Å²) in [6.07, 6.45) is 2.95. The normalized spacial score (nSPS) is 16.4. The maximum atomic E-state index is 6.70. The molecule has 0 unspecified atom stereocenters. The Morgan fingerprint density at radius 3 is 2.35 bits per heavy atom. The van der Waals surface area contributed by atoms with Gasteiger partial charge in [0.2, 0.25) is 0 Å². The van der Waals surface area contributed by atoms with Crippen LogP contribution in [0.2, 0.25) is 0 Å². The Bertz CT molecular complexity index is 747. The topological polar surface area (TPSA) is 26.0 Å². The lowest BCUT2D eigenvalue weighted by molar-refractivity contribution is 0.448. The molecule has 0 aliphatic heterocycles. The quantitative estimate of drug-likeness (QED) is 0.755. The molecule has 1 aliphatic carbocycles. The molecule has 0 amide bonds. The van der Waals surface area contributed by atoms with Crippen molar-refractivity contribution in [3.8, 4) is 0 Å². The molecule has 3 aromatic rings. The fourth-order valence-electron chi connectivity index (χ4n) is 3.40. The summed E-state index contributed by atoms with van der Waals surface area (Å²) in [7, 11) is 0. The van der Waals surface area contributed by atoms with E-state index in [2.05, 4.69) is 53.9 Å². The smallest absolute Gasteiger partial charge is 0.0345 e. The first-order valence-corrected chi connectivity index (χ1v) is 7.92. The average molecular weight is 279 g/mol. The summed E-state index contributed by atoms with van der Waals surface area (Å²) in [5, 5.41) is 3.65. The van der Waals surface area contributed by atoms with E-state index in [9.17, 15) is 0 Å². The minimum Gasteiger partial charge on any atom is -0.324 e. The molecular weight excluding hydrogens is 262 g/mol. The van der Waals surface area contributed by atoms with Crippen LogP contribution in [0, 0.1) is 0 Å². The zero-order valence-electron chi connectivity index (χ0n) is 11.3. The molecule has 0 saturated heterocycles. The van der Waals surface area contributed by atoms with Crippen molar-refractivity contribution in [2.45, 2.75) is 24.8 Å². The number of rotatable bonds is 2. The summed E-state index contributed by atoms with van der Waals surface area (Å²) in [5.74, 6) is 0. The lowest BCUT2D eigenvalue weighted by atomic mass is 9.89. The molecule has 0 saturated carbocycles. The number of fused-ring (bicyclic) bond motifs is 2. The van der Waals surface area contributed by atoms with Crippen LogP contribution in [0.15, 0.2) is 53.9 Å². The zero-order chi connectivity index (χ0) is 13.6. The molecule has 2 N–H and O–H groups in total. The summed E-state index contributed by atoms with van der Waals surface area (Å²) >= 11 is 1.82. The SMILES string of the molecule is NC1(Cc2csc3ccccc23)Cc2ccccc2C1. The van der Waals surface area contributed by atoms with E-state index in [-0.39, 0.29) is 5.54 Å². The highest BCUT2D eigenvalue weighted by atomic mass is 32.1. The van der Waals surface area contributed by atoms with Crippen molar-refractivity contribution in [3.63, 3.8) is 0 Å². The summed E-state index contributed by atoms with van der Waals surface area (Å²) in [6, 6.07) is 17.3. The van der Waals surface area contributed by atoms with Gasteiger partial charge in [0.05, 0.1) is 0 Å². The first-order chi connectivity index (χ1) is 9.73. The monoisotopic (exact) mass is 279 g/mol. The summed E-state index contributed by atoms with van der Waals surface area (Å²) in [5.41, 5.74) is 10.8. The molecular formula is C18H17NS. The lowest BCUT2D eigenvalue weighted by Gasteiger charge is -2.23. The third-order valence-corrected chi connectivity index (χ3v) is 5.32. The van der Waals surface area contributed by atoms with Crippen molar-refractivity contribution in [1.29, 1.82) is 0 Å². The van der Waals surface area contributed by atoms with E-state index in [4.69, 9.17) is 5.73 Å². The van der Waals surface area contributed by atoms with Gasteiger partial charge in [-0.1, -0.05) is 42.5 Å². The van der Waals surface area contributed by atoms with Gasteiger partial charge in [-0.2, -0.15) is 0 Å². The zero-order valence-corrected chi connectivity index (χ0v) is 12.1. The van der Waals surface area contributed by atoms with Crippen molar-refractivity contribution >= 4 is 21.4 Å². The Kier molecular flexibility index (Phi) is 2.69. The van der Waals surface area contributed by atoms with Crippen LogP contribution in [0.25, 0.3) is 10.1 Å². The highest BCUT2D eigenvalue weighted by molar-refractivity contribution is 7.17. The fourth-order valence-corrected chi connectivity index (χ4v) is 4.36. The summed E-state index contributed by atoms with van der Waals surface area (Å²) < 4.78 is 1.36. The molecule has 2 heteroatoms. The first kappa shape index (κ1) is 12.1. The van der Waals surface area contributed by atoms with Gasteiger partial charge in [-0.15, -0.1) is 11.3 Å². The molecule has 0 radical (unpaired) electrons. The molecule has 2 aromatic carbocycles. The van der Waals surface area contributed by atoms with Crippen molar-refractivity contribution in [2.24, 2.45) is 5.73 Å². The molecule has 1 nitrogen and oxygen atoms in total. The van der Waals surface area contributed by atoms with Gasteiger partial charge in [-0.25, -0.2) is 0 Å². The molecule has 4 rings (SSSR count). The number of benzene rings is 2. The molecule has 0 atom stereocenters. The molecule has 100 valence electrons. The van der Waals surface area contributed by atoms with Gasteiger partial charge in [-0.3, -0.25) is 0 Å². The van der Waals surface area contributed by atoms with E-state index >= 15 is 0 Å². The number of hydrogen-bond acceptors (Lipinski definition) is 2. The third-order valence-electron chi connectivity index (χ3n) is 4.31. The van der Waals surface area contributed by atoms with E-state index in [1.165, 1.54) is 26.8 Å². The van der Waals surface area contributed by atoms with Crippen molar-refractivity contribution < 1.29 is 0 Å². The van der Waals surface area contributed by atoms with E-state index in [0.29, 0.717) is 0 Å². The Morgan fingerprint density at radius 1 is 0.950 bits per heavy atom. The van der Waals surface area contributed by atoms with Crippen molar-refractivity contribution in [2.75, 3.05) is 0 Å². The van der Waals surface area contributed by atoms with Crippen LogP contribution in [0.3, 0.4) is 0 Å². The van der Waals surface area contributed by atoms with Gasteiger partial charge >= 0.3 is 0 Å². The average Bonchev–Trinajstić information content (AvgIpc) is 2.99. The number of thiophene rings is 1. The summed E-state index contributed by atoms with van der Waals surface area (Å²) in [6.45, 7) is 0. The van der Waals surface area contributed by atoms with Crippen LogP contribution in [0.4, 0.5) is 0 Å². The first-order valence-electron chi connectivity index (χ1n) is 7.04. The highest BCUT2D eigenvalue weighted by Crippen LogP contribution is 2.34. The second kappa shape index (κ2) is 4.44. The number of hydrogen-bond donors (Lipinski definition) is 1. The van der Waals surface area contributed by atoms with Crippen LogP contribution in [0.1, 0.15) is 16.7 Å². The van der Waals surface area contributed by atoms with Gasteiger partial charge in [0.15, 0.2) is 0 Å². The summed E-state index contributed by atoms with van der Waals surface area (Å²) in [4.78, 5) is 0. The third kappa shape index (κ3) is 1.96. The molecule has 20 heavy (non-hydrogen) atoms. The second-order valence-corrected chi connectivity index (χ2v) is 6.83. The van der Waals surface area contributed by atoms with E-state index in [0.717, 1.165) is 19.3 Å². The van der Waals surface area contributed by atoms with E-state index in [1.54, 1.807) is 0 Å². The highest BCUT2D eigenvalue weighted by Gasteiger charge is 2.33. The molecule has 1 aliphatic rings. The molecule has 1 heterocycles. The molecule has 0 bridgehead atoms. The Balaban J connectivity index is 1.67. The number of nitrogens with two attached hydrogens (primary N) is 1. The Morgan fingerprint density at radius 2 is 1.60 bits per heavy atom. The van der Waals surface area contributed by atoms with Gasteiger partial charge in [-0.05, 0) is 52.8 Å². The Labute approximate surface area is 123 Å². The van der Waals surface area contributed by atoms with Gasteiger partial charge in [0, 0.05) is 10.2 Å². The van der Waals surface area contributed by atoms with Crippen LogP contribution in [0.5, 0.6) is 0 Å². The Hall–Kier alpha value is -1.64. The molecule has 1 aromatic heterocycles. The maximum absolute atomic E-state index is 6.70. The molecule has 0 fully saturated rings. The maximum Gasteiger partial charge on any atom is 0.0345 e. The predicted molar refractivity (Wildman–Crippen MR) is 86.3 cm³/mol. The van der Waals surface area contributed by atoms with Crippen LogP contribution < -0.4 is 5.73 Å². The van der Waals surface area contributed by atoms with Crippen molar-refractivity contribution in [3.05, 3.63) is 70.6 Å².